The van der Waals surface area contributed by atoms with Crippen molar-refractivity contribution in [2.24, 2.45) is 0 Å². The summed E-state index contributed by atoms with van der Waals surface area (Å²) in [4.78, 5) is 23.5. The Labute approximate surface area is 181 Å². The second-order valence-corrected chi connectivity index (χ2v) is 8.26. The van der Waals surface area contributed by atoms with E-state index in [-0.39, 0.29) is 12.4 Å². The molecule has 0 bridgehead atoms. The Hall–Kier alpha value is -2.29. The zero-order valence-electron chi connectivity index (χ0n) is 16.9. The topological polar surface area (TPSA) is 70.1 Å². The molecule has 0 radical (unpaired) electrons. The van der Waals surface area contributed by atoms with E-state index in [2.05, 4.69) is 49.1 Å². The van der Waals surface area contributed by atoms with Crippen LogP contribution in [0.5, 0.6) is 0 Å². The Balaban J connectivity index is 0.00000240. The molecule has 1 N–H and O–H groups in total. The van der Waals surface area contributed by atoms with Crippen LogP contribution in [-0.4, -0.2) is 58.1 Å². The number of nitrogens with zero attached hydrogens (tertiary/aromatic N) is 6. The summed E-state index contributed by atoms with van der Waals surface area (Å²) in [5.74, 6) is 2.53. The maximum absolute atomic E-state index is 4.66. The predicted molar refractivity (Wildman–Crippen MR) is 122 cm³/mol. The first-order chi connectivity index (χ1) is 13.6. The van der Waals surface area contributed by atoms with E-state index in [0.717, 1.165) is 59.0 Å². The third-order valence-electron chi connectivity index (χ3n) is 5.05. The molecule has 0 amide bonds. The van der Waals surface area contributed by atoms with Gasteiger partial charge < -0.3 is 15.1 Å². The van der Waals surface area contributed by atoms with Crippen molar-refractivity contribution >= 4 is 40.5 Å². The van der Waals surface area contributed by atoms with E-state index in [4.69, 9.17) is 0 Å². The number of aromatic nitrogens is 4. The third-order valence-corrected chi connectivity index (χ3v) is 6.01. The summed E-state index contributed by atoms with van der Waals surface area (Å²) in [6.07, 6.45) is 7.77. The van der Waals surface area contributed by atoms with Crippen molar-refractivity contribution in [3.8, 4) is 10.4 Å². The molecule has 0 atom stereocenters. The zero-order valence-corrected chi connectivity index (χ0v) is 18.5. The van der Waals surface area contributed by atoms with Crippen LogP contribution in [0.3, 0.4) is 0 Å². The molecule has 0 unspecified atom stereocenters. The Morgan fingerprint density at radius 1 is 1.14 bits per heavy atom. The third kappa shape index (κ3) is 5.20. The highest BCUT2D eigenvalue weighted by molar-refractivity contribution is 7.18. The second kappa shape index (κ2) is 9.47. The van der Waals surface area contributed by atoms with Crippen LogP contribution < -0.4 is 10.2 Å². The van der Waals surface area contributed by atoms with Crippen LogP contribution in [-0.2, 0) is 0 Å². The van der Waals surface area contributed by atoms with Crippen LogP contribution in [0, 0.1) is 6.92 Å². The first-order valence-corrected chi connectivity index (χ1v) is 10.3. The molecule has 4 heterocycles. The van der Waals surface area contributed by atoms with E-state index < -0.39 is 0 Å². The van der Waals surface area contributed by atoms with Crippen molar-refractivity contribution in [2.45, 2.75) is 25.8 Å². The minimum atomic E-state index is 0. The fourth-order valence-corrected chi connectivity index (χ4v) is 4.31. The van der Waals surface area contributed by atoms with Crippen LogP contribution in [0.25, 0.3) is 10.4 Å². The van der Waals surface area contributed by atoms with Crippen LogP contribution in [0.15, 0.2) is 36.8 Å². The monoisotopic (exact) mass is 431 g/mol. The lowest BCUT2D eigenvalue weighted by Crippen LogP contribution is -2.42. The van der Waals surface area contributed by atoms with Gasteiger partial charge in [0.05, 0.1) is 4.88 Å². The van der Waals surface area contributed by atoms with Gasteiger partial charge in [-0.3, -0.25) is 4.98 Å². The van der Waals surface area contributed by atoms with Crippen LogP contribution in [0.1, 0.15) is 18.7 Å². The maximum Gasteiger partial charge on any atom is 0.188 e. The second-order valence-electron chi connectivity index (χ2n) is 7.23. The van der Waals surface area contributed by atoms with Gasteiger partial charge in [-0.2, -0.15) is 0 Å². The summed E-state index contributed by atoms with van der Waals surface area (Å²) in [5.41, 5.74) is 1.11. The zero-order chi connectivity index (χ0) is 19.5. The van der Waals surface area contributed by atoms with Gasteiger partial charge in [-0.05, 0) is 51.6 Å². The van der Waals surface area contributed by atoms with Crippen molar-refractivity contribution in [3.05, 3.63) is 42.6 Å². The Kier molecular flexibility index (Phi) is 7.00. The minimum absolute atomic E-state index is 0. The number of hydrogen-bond acceptors (Lipinski definition) is 8. The summed E-state index contributed by atoms with van der Waals surface area (Å²) in [6.45, 7) is 3.97. The molecule has 1 aliphatic rings. The van der Waals surface area contributed by atoms with E-state index in [1.54, 1.807) is 23.7 Å². The lowest BCUT2D eigenvalue weighted by Gasteiger charge is -2.35. The van der Waals surface area contributed by atoms with Gasteiger partial charge in [0, 0.05) is 43.8 Å². The molecule has 0 aromatic carbocycles. The normalized spacial score (nSPS) is 14.7. The smallest absolute Gasteiger partial charge is 0.188 e. The van der Waals surface area contributed by atoms with Gasteiger partial charge in [-0.25, -0.2) is 15.0 Å². The standard InChI is InChI=1S/C20H25N7S.ClH/c1-14-23-18(12-19(24-14)27-10-6-16(7-11-27)26(2)3)25-20-22-13-17(28-20)15-4-8-21-9-5-15;/h4-5,8-9,12-13,16H,6-7,10-11H2,1-3H3,(H,22,23,24,25);1H. The van der Waals surface area contributed by atoms with Gasteiger partial charge in [0.2, 0.25) is 0 Å². The van der Waals surface area contributed by atoms with E-state index in [1.807, 2.05) is 31.3 Å². The molecule has 0 saturated carbocycles. The van der Waals surface area contributed by atoms with Crippen molar-refractivity contribution in [1.82, 2.24) is 24.8 Å². The number of nitrogens with one attached hydrogen (secondary N) is 1. The summed E-state index contributed by atoms with van der Waals surface area (Å²) >= 11 is 1.60. The average molecular weight is 432 g/mol. The summed E-state index contributed by atoms with van der Waals surface area (Å²) in [6, 6.07) is 6.65. The Bertz CT molecular complexity index is 924. The molecule has 7 nitrogen and oxygen atoms in total. The molecule has 154 valence electrons. The van der Waals surface area contributed by atoms with Gasteiger partial charge in [-0.1, -0.05) is 11.3 Å². The van der Waals surface area contributed by atoms with Crippen LogP contribution in [0.4, 0.5) is 16.8 Å². The first-order valence-electron chi connectivity index (χ1n) is 9.49. The molecule has 4 rings (SSSR count). The molecule has 1 fully saturated rings. The summed E-state index contributed by atoms with van der Waals surface area (Å²) < 4.78 is 0. The van der Waals surface area contributed by atoms with Gasteiger partial charge in [-0.15, -0.1) is 12.4 Å². The summed E-state index contributed by atoms with van der Waals surface area (Å²) in [5, 5.41) is 4.17. The molecule has 3 aromatic rings. The first kappa shape index (κ1) is 21.4. The Morgan fingerprint density at radius 3 is 2.55 bits per heavy atom. The van der Waals surface area contributed by atoms with Gasteiger partial charge in [0.25, 0.3) is 0 Å². The predicted octanol–water partition coefficient (Wildman–Crippen LogP) is 4.00. The molecule has 0 spiro atoms. The number of halogens is 1. The minimum Gasteiger partial charge on any atom is -0.356 e. The number of aryl methyl sites for hydroxylation is 1. The molecular weight excluding hydrogens is 406 g/mol. The van der Waals surface area contributed by atoms with Crippen LogP contribution >= 0.6 is 23.7 Å². The number of thiazole rings is 1. The van der Waals surface area contributed by atoms with E-state index in [0.29, 0.717) is 6.04 Å². The van der Waals surface area contributed by atoms with Gasteiger partial charge >= 0.3 is 0 Å². The quantitative estimate of drug-likeness (QED) is 0.654. The Morgan fingerprint density at radius 2 is 1.86 bits per heavy atom. The molecule has 9 heteroatoms. The lowest BCUT2D eigenvalue weighted by molar-refractivity contribution is 0.249. The van der Waals surface area contributed by atoms with Crippen molar-refractivity contribution in [3.63, 3.8) is 0 Å². The average Bonchev–Trinajstić information content (AvgIpc) is 3.17. The van der Waals surface area contributed by atoms with Crippen LogP contribution in [0.2, 0.25) is 0 Å². The highest BCUT2D eigenvalue weighted by Crippen LogP contribution is 2.30. The molecule has 0 aliphatic carbocycles. The van der Waals surface area contributed by atoms with E-state index >= 15 is 0 Å². The molecule has 1 saturated heterocycles. The number of anilines is 3. The number of rotatable bonds is 5. The molecule has 3 aromatic heterocycles. The van der Waals surface area contributed by atoms with Crippen molar-refractivity contribution < 1.29 is 0 Å². The molecular formula is C20H26ClN7S. The highest BCUT2D eigenvalue weighted by atomic mass is 35.5. The van der Waals surface area contributed by atoms with E-state index in [9.17, 15) is 0 Å². The fraction of sp³-hybridized carbons (Fsp3) is 0.400. The molecule has 1 aliphatic heterocycles. The highest BCUT2D eigenvalue weighted by Gasteiger charge is 2.22. The largest absolute Gasteiger partial charge is 0.356 e. The van der Waals surface area contributed by atoms with Gasteiger partial charge in [0.15, 0.2) is 5.13 Å². The number of hydrogen-bond donors (Lipinski definition) is 1. The SMILES string of the molecule is Cc1nc(Nc2ncc(-c3ccncc3)s2)cc(N2CCC(N(C)C)CC2)n1.Cl. The van der Waals surface area contributed by atoms with Crippen molar-refractivity contribution in [2.75, 3.05) is 37.4 Å². The maximum atomic E-state index is 4.66. The van der Waals surface area contributed by atoms with E-state index in [1.165, 1.54) is 0 Å². The number of pyridine rings is 1. The van der Waals surface area contributed by atoms with Crippen molar-refractivity contribution in [1.29, 1.82) is 0 Å². The summed E-state index contributed by atoms with van der Waals surface area (Å²) in [7, 11) is 4.32. The number of piperidine rings is 1. The van der Waals surface area contributed by atoms with Gasteiger partial charge in [0.1, 0.15) is 17.5 Å². The molecule has 29 heavy (non-hydrogen) atoms. The fourth-order valence-electron chi connectivity index (χ4n) is 3.48. The lowest BCUT2D eigenvalue weighted by atomic mass is 10.0.